The number of carboxylic acid groups (broad SMARTS) is 1. The van der Waals surface area contributed by atoms with E-state index < -0.39 is 23.8 Å². The van der Waals surface area contributed by atoms with Crippen molar-refractivity contribution in [2.45, 2.75) is 12.7 Å². The molecule has 0 radical (unpaired) electrons. The van der Waals surface area contributed by atoms with Gasteiger partial charge in [0.05, 0.1) is 5.57 Å². The average molecular weight is 418 g/mol. The number of carboxylic acids is 1. The van der Waals surface area contributed by atoms with E-state index in [1.54, 1.807) is 0 Å². The number of carbonyl (C=O) groups excluding carboxylic acids is 1. The Morgan fingerprint density at radius 3 is 2.39 bits per heavy atom. The van der Waals surface area contributed by atoms with E-state index in [9.17, 15) is 14.7 Å². The first-order valence-corrected chi connectivity index (χ1v) is 9.46. The molecule has 1 unspecified atom stereocenters. The topological polar surface area (TPSA) is 137 Å². The molecule has 3 rings (SSSR count). The molecule has 2 aromatic rings. The maximum Gasteiger partial charge on any atom is 0.340 e. The minimum Gasteiger partial charge on any atom is -0.507 e. The first kappa shape index (κ1) is 21.4. The van der Waals surface area contributed by atoms with Gasteiger partial charge in [0.1, 0.15) is 17.5 Å². The van der Waals surface area contributed by atoms with Gasteiger partial charge in [-0.3, -0.25) is 9.79 Å². The number of nitrogens with two attached hydrogens (primary N) is 1. The molecule has 0 aliphatic carbocycles. The van der Waals surface area contributed by atoms with Crippen LogP contribution >= 0.6 is 0 Å². The highest BCUT2D eigenvalue weighted by Gasteiger charge is 2.19. The Labute approximate surface area is 179 Å². The fourth-order valence-electron chi connectivity index (χ4n) is 2.86. The smallest absolute Gasteiger partial charge is 0.340 e. The van der Waals surface area contributed by atoms with Crippen LogP contribution in [-0.4, -0.2) is 34.5 Å². The molecule has 0 spiro atoms. The fraction of sp³-hybridized carbons (Fsp3) is 0.0870. The van der Waals surface area contributed by atoms with E-state index in [1.165, 1.54) is 12.3 Å². The summed E-state index contributed by atoms with van der Waals surface area (Å²) >= 11 is 0. The fourth-order valence-corrected chi connectivity index (χ4v) is 2.86. The molecule has 8 heteroatoms. The van der Waals surface area contributed by atoms with Crippen LogP contribution in [0.15, 0.2) is 95.0 Å². The van der Waals surface area contributed by atoms with Crippen LogP contribution in [0.3, 0.4) is 0 Å². The number of nitrogens with zero attached hydrogens (tertiary/aromatic N) is 1. The first-order valence-electron chi connectivity index (χ1n) is 9.46. The summed E-state index contributed by atoms with van der Waals surface area (Å²) in [5.74, 6) is -2.08. The van der Waals surface area contributed by atoms with E-state index >= 15 is 0 Å². The Balaban J connectivity index is 1.56. The largest absolute Gasteiger partial charge is 0.507 e. The van der Waals surface area contributed by atoms with Gasteiger partial charge in [-0.2, -0.15) is 0 Å². The number of rotatable bonds is 7. The third kappa shape index (κ3) is 5.60. The molecule has 31 heavy (non-hydrogen) atoms. The molecular weight excluding hydrogens is 396 g/mol. The van der Waals surface area contributed by atoms with Crippen LogP contribution < -0.4 is 16.4 Å². The van der Waals surface area contributed by atoms with Gasteiger partial charge in [-0.15, -0.1) is 0 Å². The van der Waals surface area contributed by atoms with Gasteiger partial charge in [0, 0.05) is 31.2 Å². The molecule has 6 N–H and O–H groups in total. The van der Waals surface area contributed by atoms with Gasteiger partial charge in [-0.05, 0) is 16.7 Å². The van der Waals surface area contributed by atoms with Crippen molar-refractivity contribution in [1.82, 2.24) is 10.6 Å². The van der Waals surface area contributed by atoms with Crippen LogP contribution in [0.4, 0.5) is 0 Å². The van der Waals surface area contributed by atoms with Crippen molar-refractivity contribution in [1.29, 1.82) is 0 Å². The Hall–Kier alpha value is -4.33. The predicted molar refractivity (Wildman–Crippen MR) is 118 cm³/mol. The summed E-state index contributed by atoms with van der Waals surface area (Å²) in [6, 6.07) is 17.8. The minimum atomic E-state index is -1.26. The lowest BCUT2D eigenvalue weighted by molar-refractivity contribution is -0.132. The number of aliphatic carboxylic acids is 1. The summed E-state index contributed by atoms with van der Waals surface area (Å²) in [4.78, 5) is 27.4. The molecule has 1 aliphatic heterocycles. The van der Waals surface area contributed by atoms with Crippen molar-refractivity contribution >= 4 is 18.1 Å². The normalized spacial score (nSPS) is 16.3. The zero-order valence-corrected chi connectivity index (χ0v) is 16.5. The van der Waals surface area contributed by atoms with Gasteiger partial charge in [-0.1, -0.05) is 54.6 Å². The van der Waals surface area contributed by atoms with Gasteiger partial charge < -0.3 is 26.6 Å². The number of amides is 1. The lowest BCUT2D eigenvalue weighted by atomic mass is 10.0. The van der Waals surface area contributed by atoms with Gasteiger partial charge in [-0.25, -0.2) is 4.79 Å². The average Bonchev–Trinajstić information content (AvgIpc) is 2.79. The number of nitrogens with one attached hydrogen (secondary N) is 2. The van der Waals surface area contributed by atoms with Gasteiger partial charge >= 0.3 is 5.97 Å². The van der Waals surface area contributed by atoms with Crippen LogP contribution in [0.1, 0.15) is 5.56 Å². The molecule has 0 fully saturated rings. The molecule has 1 amide bonds. The lowest BCUT2D eigenvalue weighted by Gasteiger charge is -2.15. The van der Waals surface area contributed by atoms with Crippen molar-refractivity contribution in [3.05, 3.63) is 95.5 Å². The second-order valence-electron chi connectivity index (χ2n) is 6.67. The van der Waals surface area contributed by atoms with E-state index in [0.717, 1.165) is 29.1 Å². The number of hydrogen-bond donors (Lipinski definition) is 5. The molecule has 1 aliphatic rings. The van der Waals surface area contributed by atoms with Crippen LogP contribution in [0.5, 0.6) is 0 Å². The highest BCUT2D eigenvalue weighted by Crippen LogP contribution is 2.19. The van der Waals surface area contributed by atoms with Crippen molar-refractivity contribution in [2.75, 3.05) is 0 Å². The van der Waals surface area contributed by atoms with E-state index in [0.29, 0.717) is 6.54 Å². The van der Waals surface area contributed by atoms with Crippen molar-refractivity contribution in [3.8, 4) is 11.1 Å². The van der Waals surface area contributed by atoms with Gasteiger partial charge in [0.15, 0.2) is 0 Å². The number of carbonyl (C=O) groups is 2. The molecule has 2 aromatic carbocycles. The SMILES string of the molecule is N/C=C(\C=N\C1C=C(O)C(C(=O)O)=CN1)C(=O)NCc1ccc(-c2ccccc2)cc1. The highest BCUT2D eigenvalue weighted by atomic mass is 16.4. The molecule has 0 saturated heterocycles. The molecule has 1 atom stereocenters. The maximum absolute atomic E-state index is 12.4. The van der Waals surface area contributed by atoms with E-state index in [4.69, 9.17) is 10.8 Å². The van der Waals surface area contributed by atoms with Crippen molar-refractivity contribution in [3.63, 3.8) is 0 Å². The highest BCUT2D eigenvalue weighted by molar-refractivity contribution is 6.12. The quantitative estimate of drug-likeness (QED) is 0.345. The number of hydrogen-bond acceptors (Lipinski definition) is 6. The summed E-state index contributed by atoms with van der Waals surface area (Å²) in [6.07, 6.45) is 4.03. The molecule has 8 nitrogen and oxygen atoms in total. The summed E-state index contributed by atoms with van der Waals surface area (Å²) in [6.45, 7) is 0.312. The van der Waals surface area contributed by atoms with E-state index in [1.807, 2.05) is 54.6 Å². The predicted octanol–water partition coefficient (Wildman–Crippen LogP) is 2.22. The molecule has 0 saturated carbocycles. The van der Waals surface area contributed by atoms with E-state index in [-0.39, 0.29) is 11.1 Å². The Bertz CT molecular complexity index is 1070. The second kappa shape index (κ2) is 9.93. The minimum absolute atomic E-state index is 0.128. The third-order valence-electron chi connectivity index (χ3n) is 4.55. The second-order valence-corrected chi connectivity index (χ2v) is 6.67. The zero-order valence-electron chi connectivity index (χ0n) is 16.5. The number of dihydropyridines is 1. The number of aliphatic imine (C=N–C) groups is 1. The van der Waals surface area contributed by atoms with Gasteiger partial charge in [0.25, 0.3) is 5.91 Å². The maximum atomic E-state index is 12.4. The van der Waals surface area contributed by atoms with Crippen LogP contribution in [0.25, 0.3) is 11.1 Å². The number of benzene rings is 2. The standard InChI is InChI=1S/C23H22N4O4/c24-11-18(13-25-21-10-20(28)19(14-26-21)23(30)31)22(29)27-12-15-6-8-17(9-7-15)16-4-2-1-3-5-16/h1-11,13-14,21,26,28H,12,24H2,(H,27,29)(H,30,31)/b18-11+,25-13+. The third-order valence-corrected chi connectivity index (χ3v) is 4.55. The Morgan fingerprint density at radius 1 is 1.10 bits per heavy atom. The van der Waals surface area contributed by atoms with Gasteiger partial charge in [0.2, 0.25) is 0 Å². The summed E-state index contributed by atoms with van der Waals surface area (Å²) < 4.78 is 0. The van der Waals surface area contributed by atoms with Crippen LogP contribution in [0.2, 0.25) is 0 Å². The molecule has 0 bridgehead atoms. The van der Waals surface area contributed by atoms with Crippen LogP contribution in [-0.2, 0) is 16.1 Å². The van der Waals surface area contributed by atoms with Crippen molar-refractivity contribution in [2.24, 2.45) is 10.7 Å². The Kier molecular flexibility index (Phi) is 6.85. The van der Waals surface area contributed by atoms with Crippen LogP contribution in [0, 0.1) is 0 Å². The molecule has 158 valence electrons. The first-order chi connectivity index (χ1) is 15.0. The zero-order chi connectivity index (χ0) is 22.2. The molecular formula is C23H22N4O4. The monoisotopic (exact) mass is 418 g/mol. The Morgan fingerprint density at radius 2 is 1.77 bits per heavy atom. The lowest BCUT2D eigenvalue weighted by Crippen LogP contribution is -2.28. The van der Waals surface area contributed by atoms with Crippen molar-refractivity contribution < 1.29 is 19.8 Å². The summed E-state index contributed by atoms with van der Waals surface area (Å²) in [5, 5.41) is 24.1. The van der Waals surface area contributed by atoms with E-state index in [2.05, 4.69) is 15.6 Å². The number of aliphatic hydroxyl groups is 1. The summed E-state index contributed by atoms with van der Waals surface area (Å²) in [7, 11) is 0. The summed E-state index contributed by atoms with van der Waals surface area (Å²) in [5.41, 5.74) is 8.53. The number of aliphatic hydroxyl groups excluding tert-OH is 1. The molecule has 1 heterocycles. The molecule has 0 aromatic heterocycles.